The monoisotopic (exact) mass is 265 g/mol. The van der Waals surface area contributed by atoms with Gasteiger partial charge in [0.25, 0.3) is 0 Å². The number of fused-ring (bicyclic) bond motifs is 1. The van der Waals surface area contributed by atoms with Gasteiger partial charge < -0.3 is 5.11 Å². The minimum Gasteiger partial charge on any atom is -0.503 e. The molecule has 0 spiro atoms. The average molecular weight is 266 g/mol. The molecular weight excluding hydrogens is 264 g/mol. The Hall–Kier alpha value is -0.750. The molecular formula is C7H2BrF2NOS. The van der Waals surface area contributed by atoms with Crippen LogP contribution in [0.5, 0.6) is 5.75 Å². The normalized spacial score (nSPS) is 11.0. The second-order valence-corrected chi connectivity index (χ2v) is 4.61. The maximum Gasteiger partial charge on any atom is 0.189 e. The number of rotatable bonds is 0. The Morgan fingerprint density at radius 1 is 1.46 bits per heavy atom. The average Bonchev–Trinajstić information content (AvgIpc) is 2.42. The first kappa shape index (κ1) is 8.83. The standard InChI is InChI=1S/C7H2BrF2NOS/c8-7-11-3-1-2(9)5(12)4(10)6(3)13-7/h1,12H. The minimum atomic E-state index is -0.997. The summed E-state index contributed by atoms with van der Waals surface area (Å²) in [6, 6.07) is 0.995. The maximum atomic E-state index is 13.1. The zero-order valence-electron chi connectivity index (χ0n) is 6.01. The van der Waals surface area contributed by atoms with E-state index >= 15 is 0 Å². The molecule has 0 atom stereocenters. The maximum absolute atomic E-state index is 13.1. The highest BCUT2D eigenvalue weighted by atomic mass is 79.9. The van der Waals surface area contributed by atoms with E-state index in [-0.39, 0.29) is 10.2 Å². The van der Waals surface area contributed by atoms with Gasteiger partial charge >= 0.3 is 0 Å². The molecule has 0 aliphatic rings. The van der Waals surface area contributed by atoms with Crippen LogP contribution in [-0.4, -0.2) is 10.1 Å². The van der Waals surface area contributed by atoms with Crippen molar-refractivity contribution in [2.75, 3.05) is 0 Å². The highest BCUT2D eigenvalue weighted by molar-refractivity contribution is 9.11. The first-order chi connectivity index (χ1) is 6.09. The molecule has 1 N–H and O–H groups in total. The van der Waals surface area contributed by atoms with Crippen molar-refractivity contribution in [3.8, 4) is 5.75 Å². The third-order valence-corrected chi connectivity index (χ3v) is 3.04. The molecule has 0 saturated carbocycles. The highest BCUT2D eigenvalue weighted by Gasteiger charge is 2.15. The molecule has 2 rings (SSSR count). The van der Waals surface area contributed by atoms with Gasteiger partial charge in [-0.05, 0) is 15.9 Å². The molecule has 13 heavy (non-hydrogen) atoms. The van der Waals surface area contributed by atoms with Gasteiger partial charge in [-0.1, -0.05) is 0 Å². The van der Waals surface area contributed by atoms with Gasteiger partial charge in [-0.3, -0.25) is 0 Å². The topological polar surface area (TPSA) is 33.1 Å². The molecule has 0 radical (unpaired) electrons. The molecule has 6 heteroatoms. The van der Waals surface area contributed by atoms with Crippen LogP contribution < -0.4 is 0 Å². The Morgan fingerprint density at radius 3 is 2.85 bits per heavy atom. The second-order valence-electron chi connectivity index (χ2n) is 2.34. The molecule has 2 nitrogen and oxygen atoms in total. The van der Waals surface area contributed by atoms with E-state index in [0.717, 1.165) is 17.4 Å². The Labute approximate surface area is 84.0 Å². The third kappa shape index (κ3) is 1.30. The van der Waals surface area contributed by atoms with Gasteiger partial charge in [0.2, 0.25) is 0 Å². The van der Waals surface area contributed by atoms with Crippen LogP contribution in [-0.2, 0) is 0 Å². The lowest BCUT2D eigenvalue weighted by atomic mass is 10.3. The summed E-state index contributed by atoms with van der Waals surface area (Å²) in [6.45, 7) is 0. The summed E-state index contributed by atoms with van der Waals surface area (Å²) in [6.07, 6.45) is 0. The SMILES string of the molecule is Oc1c(F)cc2nc(Br)sc2c1F. The van der Waals surface area contributed by atoms with Crippen LogP contribution in [0.4, 0.5) is 8.78 Å². The summed E-state index contributed by atoms with van der Waals surface area (Å²) in [5.41, 5.74) is 0.199. The van der Waals surface area contributed by atoms with Crippen LogP contribution in [0, 0.1) is 11.6 Å². The van der Waals surface area contributed by atoms with Crippen LogP contribution in [0.25, 0.3) is 10.2 Å². The van der Waals surface area contributed by atoms with Crippen molar-refractivity contribution < 1.29 is 13.9 Å². The summed E-state index contributed by atoms with van der Waals surface area (Å²) in [4.78, 5) is 3.82. The lowest BCUT2D eigenvalue weighted by molar-refractivity contribution is 0.400. The number of phenols is 1. The largest absolute Gasteiger partial charge is 0.503 e. The van der Waals surface area contributed by atoms with Crippen molar-refractivity contribution in [1.82, 2.24) is 4.98 Å². The summed E-state index contributed by atoms with van der Waals surface area (Å²) in [7, 11) is 0. The fourth-order valence-corrected chi connectivity index (χ4v) is 2.35. The lowest BCUT2D eigenvalue weighted by Crippen LogP contribution is -1.82. The molecule has 1 aromatic heterocycles. The number of nitrogens with zero attached hydrogens (tertiary/aromatic N) is 1. The van der Waals surface area contributed by atoms with Crippen LogP contribution in [0.15, 0.2) is 9.98 Å². The zero-order chi connectivity index (χ0) is 9.59. The molecule has 0 saturated heterocycles. The van der Waals surface area contributed by atoms with E-state index in [1.807, 2.05) is 0 Å². The number of halogens is 3. The molecule has 1 aromatic carbocycles. The van der Waals surface area contributed by atoms with Gasteiger partial charge in [-0.2, -0.15) is 0 Å². The first-order valence-electron chi connectivity index (χ1n) is 3.22. The van der Waals surface area contributed by atoms with Gasteiger partial charge in [0.1, 0.15) is 0 Å². The molecule has 0 fully saturated rings. The van der Waals surface area contributed by atoms with E-state index in [0.29, 0.717) is 3.92 Å². The molecule has 0 aliphatic carbocycles. The second kappa shape index (κ2) is 2.88. The van der Waals surface area contributed by atoms with E-state index in [2.05, 4.69) is 20.9 Å². The number of phenolic OH excluding ortho intramolecular Hbond substituents is 1. The van der Waals surface area contributed by atoms with E-state index in [1.54, 1.807) is 0 Å². The van der Waals surface area contributed by atoms with Crippen molar-refractivity contribution >= 4 is 37.5 Å². The van der Waals surface area contributed by atoms with Crippen molar-refractivity contribution in [3.63, 3.8) is 0 Å². The van der Waals surface area contributed by atoms with Crippen LogP contribution in [0.2, 0.25) is 0 Å². The van der Waals surface area contributed by atoms with E-state index in [4.69, 9.17) is 5.11 Å². The third-order valence-electron chi connectivity index (χ3n) is 1.52. The van der Waals surface area contributed by atoms with Gasteiger partial charge in [0, 0.05) is 6.07 Å². The van der Waals surface area contributed by atoms with Crippen molar-refractivity contribution in [3.05, 3.63) is 21.6 Å². The summed E-state index contributed by atoms with van der Waals surface area (Å²) in [5.74, 6) is -2.91. The Bertz CT molecular complexity index is 485. The first-order valence-corrected chi connectivity index (χ1v) is 4.83. The van der Waals surface area contributed by atoms with Crippen LogP contribution in [0.3, 0.4) is 0 Å². The number of aromatic nitrogens is 1. The number of benzene rings is 1. The highest BCUT2D eigenvalue weighted by Crippen LogP contribution is 2.34. The predicted molar refractivity (Wildman–Crippen MR) is 48.9 cm³/mol. The number of thiazole rings is 1. The van der Waals surface area contributed by atoms with Gasteiger partial charge in [0.05, 0.1) is 10.2 Å². The Kier molecular flexibility index (Phi) is 1.96. The molecule has 0 unspecified atom stereocenters. The van der Waals surface area contributed by atoms with Crippen molar-refractivity contribution in [2.24, 2.45) is 0 Å². The zero-order valence-corrected chi connectivity index (χ0v) is 8.42. The smallest absolute Gasteiger partial charge is 0.189 e. The Morgan fingerprint density at radius 2 is 2.15 bits per heavy atom. The number of hydrogen-bond donors (Lipinski definition) is 1. The summed E-state index contributed by atoms with van der Waals surface area (Å²) in [5, 5.41) is 8.93. The van der Waals surface area contributed by atoms with Gasteiger partial charge in [0.15, 0.2) is 21.3 Å². The van der Waals surface area contributed by atoms with E-state index < -0.39 is 17.4 Å². The summed E-state index contributed by atoms with van der Waals surface area (Å²) >= 11 is 4.05. The van der Waals surface area contributed by atoms with Crippen molar-refractivity contribution in [2.45, 2.75) is 0 Å². The fourth-order valence-electron chi connectivity index (χ4n) is 0.961. The molecule has 1 heterocycles. The molecule has 0 aliphatic heterocycles. The van der Waals surface area contributed by atoms with Crippen molar-refractivity contribution in [1.29, 1.82) is 0 Å². The van der Waals surface area contributed by atoms with E-state index in [9.17, 15) is 8.78 Å². The lowest BCUT2D eigenvalue weighted by Gasteiger charge is -1.96. The molecule has 0 amide bonds. The molecule has 0 bridgehead atoms. The fraction of sp³-hybridized carbons (Fsp3) is 0. The van der Waals surface area contributed by atoms with Gasteiger partial charge in [-0.25, -0.2) is 13.8 Å². The van der Waals surface area contributed by atoms with Crippen LogP contribution >= 0.6 is 27.3 Å². The minimum absolute atomic E-state index is 0.144. The van der Waals surface area contributed by atoms with Crippen LogP contribution in [0.1, 0.15) is 0 Å². The molecule has 2 aromatic rings. The van der Waals surface area contributed by atoms with Gasteiger partial charge in [-0.15, -0.1) is 11.3 Å². The molecule has 68 valence electrons. The number of hydrogen-bond acceptors (Lipinski definition) is 3. The summed E-state index contributed by atoms with van der Waals surface area (Å²) < 4.78 is 26.5. The van der Waals surface area contributed by atoms with E-state index in [1.165, 1.54) is 0 Å². The predicted octanol–water partition coefficient (Wildman–Crippen LogP) is 3.04. The number of aromatic hydroxyl groups is 1. The Balaban J connectivity index is 2.92. The quantitative estimate of drug-likeness (QED) is 0.795.